The molecule has 0 atom stereocenters. The Morgan fingerprint density at radius 2 is 1.84 bits per heavy atom. The maximum Gasteiger partial charge on any atom is 0.245 e. The smallest absolute Gasteiger partial charge is 0.245 e. The van der Waals surface area contributed by atoms with Gasteiger partial charge < -0.3 is 19.7 Å². The van der Waals surface area contributed by atoms with Gasteiger partial charge in [0, 0.05) is 30.0 Å². The zero-order valence-corrected chi connectivity index (χ0v) is 17.4. The lowest BCUT2D eigenvalue weighted by Gasteiger charge is -2.28. The summed E-state index contributed by atoms with van der Waals surface area (Å²) in [5, 5.41) is 16.8. The molecule has 2 aromatic carbocycles. The number of nitrogens with zero attached hydrogens (tertiary/aromatic N) is 5. The van der Waals surface area contributed by atoms with Crippen LogP contribution >= 0.6 is 0 Å². The van der Waals surface area contributed by atoms with Gasteiger partial charge in [0.05, 0.1) is 30.6 Å². The van der Waals surface area contributed by atoms with Crippen LogP contribution in [0.2, 0.25) is 0 Å². The van der Waals surface area contributed by atoms with Crippen LogP contribution in [0.15, 0.2) is 66.9 Å². The van der Waals surface area contributed by atoms with E-state index in [-0.39, 0.29) is 6.61 Å². The molecule has 1 saturated heterocycles. The Morgan fingerprint density at radius 1 is 1.03 bits per heavy atom. The lowest BCUT2D eigenvalue weighted by atomic mass is 10.1. The van der Waals surface area contributed by atoms with Gasteiger partial charge in [-0.15, -0.1) is 5.10 Å². The number of fused-ring (bicyclic) bond motifs is 1. The number of anilines is 3. The van der Waals surface area contributed by atoms with Gasteiger partial charge in [-0.25, -0.2) is 9.50 Å². The molecule has 5 rings (SSSR count). The average Bonchev–Trinajstić information content (AvgIpc) is 3.27. The molecule has 160 valence electrons. The highest BCUT2D eigenvalue weighted by molar-refractivity contribution is 5.72. The first kappa shape index (κ1) is 19.8. The lowest BCUT2D eigenvalue weighted by molar-refractivity contribution is 0.122. The molecule has 0 amide bonds. The molecule has 8 nitrogen and oxygen atoms in total. The molecule has 0 unspecified atom stereocenters. The van der Waals surface area contributed by atoms with Crippen molar-refractivity contribution in [2.24, 2.45) is 0 Å². The minimum Gasteiger partial charge on any atom is -0.478 e. The van der Waals surface area contributed by atoms with Crippen LogP contribution in [0.3, 0.4) is 0 Å². The molecule has 2 aromatic heterocycles. The minimum atomic E-state index is -0.0114. The van der Waals surface area contributed by atoms with Gasteiger partial charge in [0.15, 0.2) is 6.61 Å². The van der Waals surface area contributed by atoms with Crippen LogP contribution in [0.4, 0.5) is 17.3 Å². The van der Waals surface area contributed by atoms with Gasteiger partial charge in [-0.2, -0.15) is 5.26 Å². The molecule has 4 aromatic rings. The van der Waals surface area contributed by atoms with Gasteiger partial charge in [0.25, 0.3) is 0 Å². The Morgan fingerprint density at radius 3 is 2.66 bits per heavy atom. The van der Waals surface area contributed by atoms with Crippen LogP contribution in [0.5, 0.6) is 5.75 Å². The molecule has 0 spiro atoms. The summed E-state index contributed by atoms with van der Waals surface area (Å²) in [4.78, 5) is 6.76. The van der Waals surface area contributed by atoms with Crippen LogP contribution in [-0.2, 0) is 4.74 Å². The standard InChI is InChI=1S/C24H22N6O2/c25-11-14-32-23-4-2-1-3-21(23)22-10-9-20-17-26-24(28-30(20)22)27-18-5-7-19(8-6-18)29-12-15-31-16-13-29/h1-10,17H,12-16H2,(H,27,28). The third-order valence-corrected chi connectivity index (χ3v) is 5.35. The monoisotopic (exact) mass is 426 g/mol. The second kappa shape index (κ2) is 8.96. The predicted octanol–water partition coefficient (Wildman–Crippen LogP) is 3.88. The summed E-state index contributed by atoms with van der Waals surface area (Å²) < 4.78 is 12.9. The summed E-state index contributed by atoms with van der Waals surface area (Å²) in [5.74, 6) is 1.13. The summed E-state index contributed by atoms with van der Waals surface area (Å²) in [5.41, 5.74) is 4.68. The molecule has 32 heavy (non-hydrogen) atoms. The van der Waals surface area contributed by atoms with Crippen molar-refractivity contribution < 1.29 is 9.47 Å². The van der Waals surface area contributed by atoms with Gasteiger partial charge in [0.2, 0.25) is 5.95 Å². The largest absolute Gasteiger partial charge is 0.478 e. The molecule has 1 N–H and O–H groups in total. The number of aromatic nitrogens is 3. The second-order valence-corrected chi connectivity index (χ2v) is 7.35. The van der Waals surface area contributed by atoms with E-state index >= 15 is 0 Å². The number of ether oxygens (including phenoxy) is 2. The molecular formula is C24H22N6O2. The number of hydrogen-bond acceptors (Lipinski definition) is 7. The van der Waals surface area contributed by atoms with Gasteiger partial charge in [0.1, 0.15) is 11.8 Å². The molecular weight excluding hydrogens is 404 g/mol. The number of nitrogens with one attached hydrogen (secondary N) is 1. The molecule has 1 aliphatic rings. The van der Waals surface area contributed by atoms with Gasteiger partial charge >= 0.3 is 0 Å². The summed E-state index contributed by atoms with van der Waals surface area (Å²) in [6.07, 6.45) is 1.78. The molecule has 0 saturated carbocycles. The van der Waals surface area contributed by atoms with Crippen LogP contribution in [-0.4, -0.2) is 47.5 Å². The Bertz CT molecular complexity index is 1260. The fourth-order valence-corrected chi connectivity index (χ4v) is 3.78. The van der Waals surface area contributed by atoms with Crippen molar-refractivity contribution in [2.45, 2.75) is 0 Å². The Hall–Kier alpha value is -4.09. The quantitative estimate of drug-likeness (QED) is 0.501. The Balaban J connectivity index is 1.40. The van der Waals surface area contributed by atoms with Gasteiger partial charge in [-0.05, 0) is 48.5 Å². The van der Waals surface area contributed by atoms with E-state index in [1.165, 1.54) is 5.69 Å². The van der Waals surface area contributed by atoms with Crippen molar-refractivity contribution in [3.63, 3.8) is 0 Å². The van der Waals surface area contributed by atoms with E-state index in [9.17, 15) is 0 Å². The highest BCUT2D eigenvalue weighted by atomic mass is 16.5. The van der Waals surface area contributed by atoms with Crippen LogP contribution in [0.1, 0.15) is 0 Å². The van der Waals surface area contributed by atoms with Gasteiger partial charge in [-0.1, -0.05) is 12.1 Å². The third-order valence-electron chi connectivity index (χ3n) is 5.35. The van der Waals surface area contributed by atoms with E-state index in [0.29, 0.717) is 11.7 Å². The first-order chi connectivity index (χ1) is 15.8. The highest BCUT2D eigenvalue weighted by Gasteiger charge is 2.13. The second-order valence-electron chi connectivity index (χ2n) is 7.35. The molecule has 3 heterocycles. The van der Waals surface area contributed by atoms with E-state index in [4.69, 9.17) is 14.7 Å². The topological polar surface area (TPSA) is 87.7 Å². The lowest BCUT2D eigenvalue weighted by Crippen LogP contribution is -2.36. The fourth-order valence-electron chi connectivity index (χ4n) is 3.78. The number of hydrogen-bond donors (Lipinski definition) is 1. The summed E-state index contributed by atoms with van der Waals surface area (Å²) in [7, 11) is 0. The Kier molecular flexibility index (Phi) is 5.56. The molecule has 1 aliphatic heterocycles. The van der Waals surface area contributed by atoms with E-state index in [2.05, 4.69) is 32.4 Å². The normalized spacial score (nSPS) is 13.7. The van der Waals surface area contributed by atoms with E-state index in [1.807, 2.05) is 59.1 Å². The number of para-hydroxylation sites is 1. The zero-order chi connectivity index (χ0) is 21.8. The highest BCUT2D eigenvalue weighted by Crippen LogP contribution is 2.31. The van der Waals surface area contributed by atoms with E-state index in [1.54, 1.807) is 6.20 Å². The fraction of sp³-hybridized carbons (Fsp3) is 0.208. The van der Waals surface area contributed by atoms with Crippen molar-refractivity contribution in [1.29, 1.82) is 5.26 Å². The van der Waals surface area contributed by atoms with Crippen molar-refractivity contribution in [3.05, 3.63) is 66.9 Å². The van der Waals surface area contributed by atoms with Crippen molar-refractivity contribution in [3.8, 4) is 23.1 Å². The van der Waals surface area contributed by atoms with E-state index < -0.39 is 0 Å². The third kappa shape index (κ3) is 4.06. The average molecular weight is 426 g/mol. The van der Waals surface area contributed by atoms with Crippen molar-refractivity contribution >= 4 is 22.8 Å². The summed E-state index contributed by atoms with van der Waals surface area (Å²) >= 11 is 0. The van der Waals surface area contributed by atoms with Crippen molar-refractivity contribution in [1.82, 2.24) is 14.6 Å². The first-order valence-electron chi connectivity index (χ1n) is 10.5. The van der Waals surface area contributed by atoms with Gasteiger partial charge in [-0.3, -0.25) is 0 Å². The zero-order valence-electron chi connectivity index (χ0n) is 17.4. The minimum absolute atomic E-state index is 0.0114. The number of rotatable bonds is 6. The maximum atomic E-state index is 8.87. The first-order valence-corrected chi connectivity index (χ1v) is 10.5. The Labute approximate surface area is 185 Å². The molecule has 0 bridgehead atoms. The van der Waals surface area contributed by atoms with E-state index in [0.717, 1.165) is 48.8 Å². The molecule has 0 aliphatic carbocycles. The number of morpholine rings is 1. The summed E-state index contributed by atoms with van der Waals surface area (Å²) in [6.45, 7) is 3.32. The van der Waals surface area contributed by atoms with Crippen LogP contribution < -0.4 is 15.0 Å². The molecule has 0 radical (unpaired) electrons. The number of benzene rings is 2. The van der Waals surface area contributed by atoms with Crippen molar-refractivity contribution in [2.75, 3.05) is 43.1 Å². The maximum absolute atomic E-state index is 8.87. The molecule has 8 heteroatoms. The SMILES string of the molecule is N#CCOc1ccccc1-c1ccc2cnc(Nc3ccc(N4CCOCC4)cc3)nn12. The summed E-state index contributed by atoms with van der Waals surface area (Å²) in [6, 6.07) is 21.8. The predicted molar refractivity (Wildman–Crippen MR) is 122 cm³/mol. The van der Waals surface area contributed by atoms with Crippen LogP contribution in [0, 0.1) is 11.3 Å². The van der Waals surface area contributed by atoms with Crippen LogP contribution in [0.25, 0.3) is 16.8 Å². The number of nitriles is 1. The molecule has 1 fully saturated rings.